The van der Waals surface area contributed by atoms with Gasteiger partial charge in [0.15, 0.2) is 5.82 Å². The third kappa shape index (κ3) is 4.54. The van der Waals surface area contributed by atoms with Crippen molar-refractivity contribution in [3.8, 4) is 11.1 Å². The van der Waals surface area contributed by atoms with E-state index >= 15 is 4.39 Å². The van der Waals surface area contributed by atoms with Gasteiger partial charge in [-0.1, -0.05) is 23.7 Å². The summed E-state index contributed by atoms with van der Waals surface area (Å²) >= 11 is 6.20. The minimum atomic E-state index is -0.357. The molecule has 0 atom stereocenters. The Bertz CT molecular complexity index is 1470. The van der Waals surface area contributed by atoms with E-state index in [1.807, 2.05) is 48.3 Å². The molecule has 0 aliphatic carbocycles. The van der Waals surface area contributed by atoms with E-state index in [1.54, 1.807) is 35.3 Å². The molecule has 180 valence electrons. The first-order valence-corrected chi connectivity index (χ1v) is 11.7. The van der Waals surface area contributed by atoms with Gasteiger partial charge in [0, 0.05) is 68.0 Å². The Morgan fingerprint density at radius 2 is 2.03 bits per heavy atom. The van der Waals surface area contributed by atoms with Crippen molar-refractivity contribution in [3.63, 3.8) is 0 Å². The third-order valence-electron chi connectivity index (χ3n) is 5.96. The number of pyridine rings is 2. The maximum atomic E-state index is 15.7. The van der Waals surface area contributed by atoms with E-state index in [0.717, 1.165) is 5.56 Å². The molecule has 1 saturated heterocycles. The number of aromatic amines is 1. The lowest BCUT2D eigenvalue weighted by atomic mass is 10.1. The van der Waals surface area contributed by atoms with Crippen LogP contribution in [0.4, 0.5) is 10.1 Å². The second-order valence-corrected chi connectivity index (χ2v) is 9.03. The second kappa shape index (κ2) is 9.56. The molecular weight excluding hydrogens is 469 g/mol. The number of fused-ring (bicyclic) bond motifs is 1. The Morgan fingerprint density at radius 1 is 1.23 bits per heavy atom. The molecule has 35 heavy (non-hydrogen) atoms. The molecule has 0 bridgehead atoms. The van der Waals surface area contributed by atoms with Crippen LogP contribution in [-0.4, -0.2) is 59.8 Å². The Hall–Kier alpha value is -3.62. The lowest BCUT2D eigenvalue weighted by Crippen LogP contribution is -2.36. The van der Waals surface area contributed by atoms with Crippen molar-refractivity contribution in [3.05, 3.63) is 87.9 Å². The zero-order valence-corrected chi connectivity index (χ0v) is 20.2. The van der Waals surface area contributed by atoms with Crippen LogP contribution < -0.4 is 10.5 Å². The van der Waals surface area contributed by atoms with Crippen molar-refractivity contribution in [2.45, 2.75) is 0 Å². The Balaban J connectivity index is 1.59. The molecule has 4 aromatic rings. The van der Waals surface area contributed by atoms with Gasteiger partial charge in [0.25, 0.3) is 5.56 Å². The lowest BCUT2D eigenvalue weighted by Gasteiger charge is -2.28. The molecule has 7 nitrogen and oxygen atoms in total. The van der Waals surface area contributed by atoms with Crippen LogP contribution in [0.2, 0.25) is 5.02 Å². The molecule has 0 saturated carbocycles. The third-order valence-corrected chi connectivity index (χ3v) is 6.20. The van der Waals surface area contributed by atoms with Crippen LogP contribution in [0.5, 0.6) is 0 Å². The summed E-state index contributed by atoms with van der Waals surface area (Å²) in [6, 6.07) is 10.7. The fourth-order valence-corrected chi connectivity index (χ4v) is 4.50. The first kappa shape index (κ1) is 23.1. The Kier molecular flexibility index (Phi) is 6.32. The van der Waals surface area contributed by atoms with E-state index in [1.165, 1.54) is 6.07 Å². The molecule has 0 unspecified atom stereocenters. The van der Waals surface area contributed by atoms with Crippen molar-refractivity contribution >= 4 is 34.0 Å². The van der Waals surface area contributed by atoms with Crippen LogP contribution in [0.15, 0.2) is 66.0 Å². The zero-order chi connectivity index (χ0) is 24.5. The van der Waals surface area contributed by atoms with Gasteiger partial charge in [-0.15, -0.1) is 0 Å². The standard InChI is InChI=1S/C26H25ClFN5O2/c1-31(2)16-22(18-4-3-5-19(27)12-18)33-7-6-17(13-23(33)34)20-14-29-26-24(20)25(28)21(15-30-26)32-8-10-35-11-9-32/h3-7,12-16H,8-11H2,1-2H3,(H,29,30)/b22-16-. The number of halogens is 2. The van der Waals surface area contributed by atoms with Crippen LogP contribution in [0.1, 0.15) is 5.56 Å². The molecule has 1 N–H and O–H groups in total. The number of hydrogen-bond donors (Lipinski definition) is 1. The van der Waals surface area contributed by atoms with E-state index in [9.17, 15) is 4.79 Å². The average Bonchev–Trinajstić information content (AvgIpc) is 3.28. The van der Waals surface area contributed by atoms with Crippen molar-refractivity contribution in [1.82, 2.24) is 19.4 Å². The Morgan fingerprint density at radius 3 is 2.74 bits per heavy atom. The summed E-state index contributed by atoms with van der Waals surface area (Å²) in [6.07, 6.45) is 6.79. The number of benzene rings is 1. The first-order chi connectivity index (χ1) is 16.9. The van der Waals surface area contributed by atoms with Crippen LogP contribution >= 0.6 is 11.6 Å². The van der Waals surface area contributed by atoms with Crippen LogP contribution in [-0.2, 0) is 4.74 Å². The lowest BCUT2D eigenvalue weighted by molar-refractivity contribution is 0.122. The van der Waals surface area contributed by atoms with Gasteiger partial charge in [-0.25, -0.2) is 9.37 Å². The van der Waals surface area contributed by atoms with Crippen molar-refractivity contribution in [1.29, 1.82) is 0 Å². The van der Waals surface area contributed by atoms with Crippen LogP contribution in [0.3, 0.4) is 0 Å². The number of nitrogens with zero attached hydrogens (tertiary/aromatic N) is 4. The van der Waals surface area contributed by atoms with Crippen molar-refractivity contribution in [2.24, 2.45) is 0 Å². The number of H-pyrrole nitrogens is 1. The molecule has 4 heterocycles. The molecular formula is C26H25ClFN5O2. The molecule has 0 radical (unpaired) electrons. The van der Waals surface area contributed by atoms with Gasteiger partial charge in [-0.2, -0.15) is 0 Å². The molecule has 1 aromatic carbocycles. The van der Waals surface area contributed by atoms with Gasteiger partial charge in [0.05, 0.1) is 36.2 Å². The summed E-state index contributed by atoms with van der Waals surface area (Å²) in [7, 11) is 3.77. The number of aromatic nitrogens is 3. The summed E-state index contributed by atoms with van der Waals surface area (Å²) in [4.78, 5) is 24.5. The minimum absolute atomic E-state index is 0.248. The average molecular weight is 494 g/mol. The molecule has 0 amide bonds. The number of nitrogens with one attached hydrogen (secondary N) is 1. The number of morpholine rings is 1. The highest BCUT2D eigenvalue weighted by Crippen LogP contribution is 2.34. The predicted octanol–water partition coefficient (Wildman–Crippen LogP) is 4.43. The molecule has 0 spiro atoms. The van der Waals surface area contributed by atoms with Crippen LogP contribution in [0.25, 0.3) is 27.9 Å². The normalized spacial score (nSPS) is 14.5. The zero-order valence-electron chi connectivity index (χ0n) is 19.5. The first-order valence-electron chi connectivity index (χ1n) is 11.3. The summed E-state index contributed by atoms with van der Waals surface area (Å²) in [5, 5.41) is 0.944. The molecule has 1 aliphatic heterocycles. The SMILES string of the molecule is CN(C)/C=C(/c1cccc(Cl)c1)n1ccc(-c2c[nH]c3ncc(N4CCOCC4)c(F)c23)cc1=O. The minimum Gasteiger partial charge on any atom is -0.382 e. The Labute approximate surface area is 207 Å². The van der Waals surface area contributed by atoms with E-state index in [0.29, 0.717) is 64.9 Å². The second-order valence-electron chi connectivity index (χ2n) is 8.59. The van der Waals surface area contributed by atoms with Gasteiger partial charge < -0.3 is 19.5 Å². The molecule has 5 rings (SSSR count). The summed E-state index contributed by atoms with van der Waals surface area (Å²) in [5.41, 5.74) is 3.30. The highest BCUT2D eigenvalue weighted by Gasteiger charge is 2.21. The van der Waals surface area contributed by atoms with Gasteiger partial charge >= 0.3 is 0 Å². The van der Waals surface area contributed by atoms with E-state index in [2.05, 4.69) is 9.97 Å². The smallest absolute Gasteiger partial charge is 0.255 e. The topological polar surface area (TPSA) is 66.4 Å². The van der Waals surface area contributed by atoms with Crippen molar-refractivity contribution < 1.29 is 9.13 Å². The quantitative estimate of drug-likeness (QED) is 0.445. The summed E-state index contributed by atoms with van der Waals surface area (Å²) in [6.45, 7) is 2.30. The highest BCUT2D eigenvalue weighted by atomic mass is 35.5. The molecule has 1 aliphatic rings. The molecule has 9 heteroatoms. The van der Waals surface area contributed by atoms with Gasteiger partial charge in [-0.05, 0) is 23.8 Å². The predicted molar refractivity (Wildman–Crippen MR) is 137 cm³/mol. The van der Waals surface area contributed by atoms with Crippen LogP contribution in [0, 0.1) is 5.82 Å². The van der Waals surface area contributed by atoms with E-state index in [-0.39, 0.29) is 11.4 Å². The van der Waals surface area contributed by atoms with Crippen molar-refractivity contribution in [2.75, 3.05) is 45.3 Å². The fraction of sp³-hybridized carbons (Fsp3) is 0.231. The fourth-order valence-electron chi connectivity index (χ4n) is 4.31. The summed E-state index contributed by atoms with van der Waals surface area (Å²) in [5.74, 6) is -0.357. The van der Waals surface area contributed by atoms with Gasteiger partial charge in [-0.3, -0.25) is 9.36 Å². The number of ether oxygens (including phenoxy) is 1. The van der Waals surface area contributed by atoms with Gasteiger partial charge in [0.2, 0.25) is 0 Å². The largest absolute Gasteiger partial charge is 0.382 e. The summed E-state index contributed by atoms with van der Waals surface area (Å²) < 4.78 is 22.6. The monoisotopic (exact) mass is 493 g/mol. The highest BCUT2D eigenvalue weighted by molar-refractivity contribution is 6.30. The maximum Gasteiger partial charge on any atom is 0.255 e. The number of rotatable bonds is 5. The van der Waals surface area contributed by atoms with E-state index in [4.69, 9.17) is 16.3 Å². The van der Waals surface area contributed by atoms with E-state index < -0.39 is 0 Å². The number of anilines is 1. The molecule has 3 aromatic heterocycles. The van der Waals surface area contributed by atoms with Gasteiger partial charge in [0.1, 0.15) is 5.65 Å². The maximum absolute atomic E-state index is 15.7. The number of hydrogen-bond acceptors (Lipinski definition) is 5. The molecule has 1 fully saturated rings.